The molecule has 4 heterocycles. The first kappa shape index (κ1) is 22.4. The summed E-state index contributed by atoms with van der Waals surface area (Å²) in [7, 11) is 0. The molecule has 5 rings (SSSR count). The van der Waals surface area contributed by atoms with Crippen molar-refractivity contribution in [3.05, 3.63) is 51.4 Å². The van der Waals surface area contributed by atoms with E-state index in [0.717, 1.165) is 29.1 Å². The zero-order valence-electron chi connectivity index (χ0n) is 19.2. The molecule has 1 amide bonds. The summed E-state index contributed by atoms with van der Waals surface area (Å²) in [5.74, 6) is 2.74. The number of aromatic nitrogens is 4. The Hall–Kier alpha value is -3.40. The summed E-state index contributed by atoms with van der Waals surface area (Å²) in [5.41, 5.74) is 1.77. The van der Waals surface area contributed by atoms with E-state index in [2.05, 4.69) is 15.5 Å². The molecule has 0 unspecified atom stereocenters. The fraction of sp³-hybridized carbons (Fsp3) is 0.417. The Morgan fingerprint density at radius 2 is 2.03 bits per heavy atom. The van der Waals surface area contributed by atoms with Crippen LogP contribution in [0.4, 0.5) is 0 Å². The third-order valence-corrected chi connectivity index (χ3v) is 6.87. The Bertz CT molecular complexity index is 1410. The fourth-order valence-electron chi connectivity index (χ4n) is 4.30. The van der Waals surface area contributed by atoms with Gasteiger partial charge in [-0.05, 0) is 48.9 Å². The lowest BCUT2D eigenvalue weighted by Gasteiger charge is -2.21. The highest BCUT2D eigenvalue weighted by Crippen LogP contribution is 2.32. The van der Waals surface area contributed by atoms with E-state index >= 15 is 0 Å². The number of carbonyl (C=O) groups is 1. The van der Waals surface area contributed by atoms with Crippen LogP contribution in [0.2, 0.25) is 0 Å². The van der Waals surface area contributed by atoms with Crippen molar-refractivity contribution >= 4 is 33.2 Å². The minimum Gasteiger partial charge on any atom is -0.486 e. The molecule has 0 fully saturated rings. The Morgan fingerprint density at radius 3 is 2.85 bits per heavy atom. The Labute approximate surface area is 200 Å². The number of benzene rings is 1. The minimum atomic E-state index is -0.147. The van der Waals surface area contributed by atoms with Crippen LogP contribution in [0, 0.1) is 0 Å². The molecule has 0 radical (unpaired) electrons. The van der Waals surface area contributed by atoms with Gasteiger partial charge in [0.2, 0.25) is 11.7 Å². The monoisotopic (exact) mass is 481 g/mol. The van der Waals surface area contributed by atoms with Crippen molar-refractivity contribution in [2.45, 2.75) is 52.1 Å². The first-order valence-electron chi connectivity index (χ1n) is 11.6. The van der Waals surface area contributed by atoms with Crippen LogP contribution in [0.1, 0.15) is 50.5 Å². The van der Waals surface area contributed by atoms with E-state index in [-0.39, 0.29) is 17.5 Å². The van der Waals surface area contributed by atoms with Gasteiger partial charge in [-0.15, -0.1) is 21.5 Å². The molecule has 9 nitrogen and oxygen atoms in total. The summed E-state index contributed by atoms with van der Waals surface area (Å²) < 4.78 is 15.6. The molecule has 1 N–H and O–H groups in total. The molecule has 0 spiro atoms. The van der Waals surface area contributed by atoms with Crippen molar-refractivity contribution in [1.82, 2.24) is 24.5 Å². The van der Waals surface area contributed by atoms with Gasteiger partial charge in [-0.25, -0.2) is 0 Å². The van der Waals surface area contributed by atoms with Crippen LogP contribution in [-0.4, -0.2) is 38.3 Å². The lowest BCUT2D eigenvalue weighted by atomic mass is 10.1. The molecule has 0 saturated carbocycles. The zero-order valence-corrected chi connectivity index (χ0v) is 20.1. The van der Waals surface area contributed by atoms with Crippen LogP contribution < -0.4 is 20.3 Å². The predicted molar refractivity (Wildman–Crippen MR) is 130 cm³/mol. The number of aryl methyl sites for hydroxylation is 2. The number of thiophene rings is 1. The summed E-state index contributed by atoms with van der Waals surface area (Å²) in [5, 5.41) is 13.6. The first-order chi connectivity index (χ1) is 16.6. The van der Waals surface area contributed by atoms with Crippen molar-refractivity contribution in [1.29, 1.82) is 0 Å². The lowest BCUT2D eigenvalue weighted by Crippen LogP contribution is -2.26. The Balaban J connectivity index is 1.26. The molecule has 178 valence electrons. The highest BCUT2D eigenvalue weighted by molar-refractivity contribution is 7.17. The van der Waals surface area contributed by atoms with E-state index in [1.54, 1.807) is 4.57 Å². The van der Waals surface area contributed by atoms with Crippen molar-refractivity contribution in [2.75, 3.05) is 13.2 Å². The van der Waals surface area contributed by atoms with E-state index in [9.17, 15) is 9.59 Å². The van der Waals surface area contributed by atoms with Gasteiger partial charge in [-0.3, -0.25) is 18.6 Å². The summed E-state index contributed by atoms with van der Waals surface area (Å²) >= 11 is 1.43. The quantitative estimate of drug-likeness (QED) is 0.414. The number of nitrogens with zero attached hydrogens (tertiary/aromatic N) is 4. The second kappa shape index (κ2) is 9.46. The average molecular weight is 482 g/mol. The van der Waals surface area contributed by atoms with Gasteiger partial charge in [-0.1, -0.05) is 13.0 Å². The molecule has 0 bridgehead atoms. The van der Waals surface area contributed by atoms with Gasteiger partial charge >= 0.3 is 0 Å². The van der Waals surface area contributed by atoms with Gasteiger partial charge in [0.1, 0.15) is 23.7 Å². The molecule has 0 saturated heterocycles. The van der Waals surface area contributed by atoms with Crippen LogP contribution in [0.25, 0.3) is 16.0 Å². The van der Waals surface area contributed by atoms with Crippen LogP contribution in [-0.2, 0) is 17.8 Å². The smallest absolute Gasteiger partial charge is 0.272 e. The summed E-state index contributed by atoms with van der Waals surface area (Å²) in [6, 6.07) is 7.53. The minimum absolute atomic E-state index is 0.0224. The lowest BCUT2D eigenvalue weighted by molar-refractivity contribution is -0.121. The predicted octanol–water partition coefficient (Wildman–Crippen LogP) is 3.49. The second-order valence-electron chi connectivity index (χ2n) is 8.39. The Kier molecular flexibility index (Phi) is 6.23. The van der Waals surface area contributed by atoms with E-state index in [1.807, 2.05) is 47.9 Å². The molecule has 0 aliphatic carbocycles. The number of fused-ring (bicyclic) bond motifs is 4. The molecule has 3 aromatic heterocycles. The molecule has 4 aromatic rings. The number of nitrogens with one attached hydrogen (secondary N) is 1. The largest absolute Gasteiger partial charge is 0.486 e. The van der Waals surface area contributed by atoms with E-state index in [4.69, 9.17) is 9.47 Å². The number of hydrogen-bond donors (Lipinski definition) is 1. The topological polar surface area (TPSA) is 99.8 Å². The van der Waals surface area contributed by atoms with Gasteiger partial charge < -0.3 is 14.8 Å². The SMILES string of the molecule is CCCn1c(=O)c2sccc2n2c(CCCC(=O)N[C@@H](C)c3ccc4c(c3)OCCO4)nnc12. The fourth-order valence-corrected chi connectivity index (χ4v) is 5.13. The summed E-state index contributed by atoms with van der Waals surface area (Å²) in [6.07, 6.45) is 2.41. The molecule has 1 atom stereocenters. The number of rotatable bonds is 8. The summed E-state index contributed by atoms with van der Waals surface area (Å²) in [4.78, 5) is 25.4. The zero-order chi connectivity index (χ0) is 23.7. The molecule has 1 aliphatic rings. The third-order valence-electron chi connectivity index (χ3n) is 5.97. The van der Waals surface area contributed by atoms with Gasteiger partial charge in [0.15, 0.2) is 11.5 Å². The first-order valence-corrected chi connectivity index (χ1v) is 12.5. The number of hydrogen-bond acceptors (Lipinski definition) is 7. The molecular formula is C24H27N5O4S. The highest BCUT2D eigenvalue weighted by Gasteiger charge is 2.18. The number of amides is 1. The van der Waals surface area contributed by atoms with Crippen LogP contribution in [0.5, 0.6) is 11.5 Å². The van der Waals surface area contributed by atoms with Crippen LogP contribution in [0.3, 0.4) is 0 Å². The van der Waals surface area contributed by atoms with E-state index < -0.39 is 0 Å². The van der Waals surface area contributed by atoms with Crippen LogP contribution in [0.15, 0.2) is 34.4 Å². The Morgan fingerprint density at radius 1 is 1.21 bits per heavy atom. The molecule has 1 aromatic carbocycles. The van der Waals surface area contributed by atoms with Gasteiger partial charge in [-0.2, -0.15) is 0 Å². The van der Waals surface area contributed by atoms with Gasteiger partial charge in [0, 0.05) is 19.4 Å². The molecular weight excluding hydrogens is 454 g/mol. The maximum absolute atomic E-state index is 12.8. The summed E-state index contributed by atoms with van der Waals surface area (Å²) in [6.45, 7) is 5.66. The van der Waals surface area contributed by atoms with E-state index in [1.165, 1.54) is 11.3 Å². The molecule has 34 heavy (non-hydrogen) atoms. The van der Waals surface area contributed by atoms with Crippen molar-refractivity contribution in [2.24, 2.45) is 0 Å². The van der Waals surface area contributed by atoms with Gasteiger partial charge in [0.25, 0.3) is 5.56 Å². The van der Waals surface area contributed by atoms with Crippen LogP contribution >= 0.6 is 11.3 Å². The normalized spacial score (nSPS) is 13.9. The van der Waals surface area contributed by atoms with Crippen molar-refractivity contribution in [3.63, 3.8) is 0 Å². The molecule has 10 heteroatoms. The third kappa shape index (κ3) is 4.13. The second-order valence-corrected chi connectivity index (χ2v) is 9.31. The maximum atomic E-state index is 12.8. The van der Waals surface area contributed by atoms with Crippen molar-refractivity contribution < 1.29 is 14.3 Å². The highest BCUT2D eigenvalue weighted by atomic mass is 32.1. The molecule has 1 aliphatic heterocycles. The number of carbonyl (C=O) groups excluding carboxylic acids is 1. The average Bonchev–Trinajstić information content (AvgIpc) is 3.49. The standard InChI is InChI=1S/C24H27N5O4S/c1-3-10-28-23(31)22-17(9-13-34-22)29-20(26-27-24(28)29)5-4-6-21(30)25-15(2)16-7-8-18-19(14-16)33-12-11-32-18/h7-9,13-15H,3-6,10-12H2,1-2H3,(H,25,30)/t15-/m0/s1. The van der Waals surface area contributed by atoms with E-state index in [0.29, 0.717) is 55.2 Å². The van der Waals surface area contributed by atoms with Gasteiger partial charge in [0.05, 0.1) is 11.6 Å². The maximum Gasteiger partial charge on any atom is 0.272 e. The number of ether oxygens (including phenoxy) is 2. The van der Waals surface area contributed by atoms with Crippen molar-refractivity contribution in [3.8, 4) is 11.5 Å².